The third-order valence-corrected chi connectivity index (χ3v) is 10.2. The lowest BCUT2D eigenvalue weighted by Crippen LogP contribution is -2.11. The quantitative estimate of drug-likeness (QED) is 0.173. The summed E-state index contributed by atoms with van der Waals surface area (Å²) in [6, 6.07) is 40.2. The van der Waals surface area contributed by atoms with E-state index in [1.807, 2.05) is 60.7 Å². The second kappa shape index (κ2) is 11.2. The van der Waals surface area contributed by atoms with E-state index in [2.05, 4.69) is 76.2 Å². The standard InChI is InChI=1S/C45H29N3S/c1-3-14-31(15-4-1)47(41-25-13-23-38-36-20-11-12-24-40(36)48(43(38)41)32-16-5-2-6-17-32)33-28-26-30(27-29-33)45-46-42-37-21-9-7-18-34(37)35-19-8-10-22-39(35)44(42)49-45/h1-29H/i7D,8D,9D,10D,18D,19D,21D,22D. The lowest BCUT2D eigenvalue weighted by Gasteiger charge is -2.27. The van der Waals surface area contributed by atoms with Crippen molar-refractivity contribution in [2.24, 2.45) is 0 Å². The maximum absolute atomic E-state index is 8.91. The summed E-state index contributed by atoms with van der Waals surface area (Å²) >= 11 is 1.24. The average Bonchev–Trinajstić information content (AvgIpc) is 3.84. The van der Waals surface area contributed by atoms with Gasteiger partial charge < -0.3 is 9.47 Å². The van der Waals surface area contributed by atoms with Crippen LogP contribution in [-0.4, -0.2) is 9.55 Å². The van der Waals surface area contributed by atoms with Crippen molar-refractivity contribution < 1.29 is 11.0 Å². The molecule has 0 radical (unpaired) electrons. The molecule has 0 bridgehead atoms. The minimum atomic E-state index is -0.477. The molecule has 0 unspecified atom stereocenters. The van der Waals surface area contributed by atoms with Crippen molar-refractivity contribution in [2.45, 2.75) is 0 Å². The highest BCUT2D eigenvalue weighted by atomic mass is 32.1. The fourth-order valence-corrected chi connectivity index (χ4v) is 8.00. The number of benzene rings is 8. The summed E-state index contributed by atoms with van der Waals surface area (Å²) in [4.78, 5) is 7.19. The molecule has 49 heavy (non-hydrogen) atoms. The topological polar surface area (TPSA) is 21.1 Å². The van der Waals surface area contributed by atoms with E-state index in [0.29, 0.717) is 9.71 Å². The molecule has 2 aromatic heterocycles. The normalized spacial score (nSPS) is 14.0. The second-order valence-corrected chi connectivity index (χ2v) is 12.8. The molecule has 2 heterocycles. The van der Waals surface area contributed by atoms with E-state index in [4.69, 9.17) is 16.0 Å². The molecule has 0 saturated carbocycles. The Morgan fingerprint density at radius 1 is 0.531 bits per heavy atom. The Bertz CT molecular complexity index is 3180. The first-order chi connectivity index (χ1) is 27.7. The number of para-hydroxylation sites is 4. The predicted octanol–water partition coefficient (Wildman–Crippen LogP) is 12.8. The van der Waals surface area contributed by atoms with E-state index in [-0.39, 0.29) is 51.2 Å². The zero-order valence-corrected chi connectivity index (χ0v) is 26.7. The van der Waals surface area contributed by atoms with Crippen molar-refractivity contribution in [1.29, 1.82) is 0 Å². The number of anilines is 3. The van der Waals surface area contributed by atoms with E-state index in [0.717, 1.165) is 50.1 Å². The van der Waals surface area contributed by atoms with Gasteiger partial charge in [-0.3, -0.25) is 0 Å². The lowest BCUT2D eigenvalue weighted by atomic mass is 10.0. The van der Waals surface area contributed by atoms with Crippen molar-refractivity contribution in [1.82, 2.24) is 9.55 Å². The SMILES string of the molecule is [2H]c1c([2H])c([2H])c2c(c1[2H])c1nc(-c3ccc(N(c4ccccc4)c4cccc5c6ccccc6n(-c6ccccc6)c45)cc3)sc1c1c([2H])c([2H])c([2H])c([2H])c12. The summed E-state index contributed by atoms with van der Waals surface area (Å²) in [5, 5.41) is 3.21. The first-order valence-electron chi connectivity index (χ1n) is 19.9. The van der Waals surface area contributed by atoms with Gasteiger partial charge in [0, 0.05) is 44.2 Å². The van der Waals surface area contributed by atoms with Crippen LogP contribution in [0.1, 0.15) is 11.0 Å². The zero-order valence-electron chi connectivity index (χ0n) is 33.9. The van der Waals surface area contributed by atoms with Crippen molar-refractivity contribution in [3.8, 4) is 16.3 Å². The Labute approximate surface area is 298 Å². The van der Waals surface area contributed by atoms with Crippen molar-refractivity contribution in [3.63, 3.8) is 0 Å². The fourth-order valence-electron chi connectivity index (χ4n) is 6.91. The maximum atomic E-state index is 8.91. The molecule has 0 spiro atoms. The number of fused-ring (bicyclic) bond motifs is 9. The molecule has 3 nitrogen and oxygen atoms in total. The maximum Gasteiger partial charge on any atom is 0.124 e. The molecule has 0 aliphatic heterocycles. The van der Waals surface area contributed by atoms with Gasteiger partial charge in [0.25, 0.3) is 0 Å². The van der Waals surface area contributed by atoms with Crippen LogP contribution in [0.15, 0.2) is 176 Å². The smallest absolute Gasteiger partial charge is 0.124 e. The third-order valence-electron chi connectivity index (χ3n) is 9.03. The highest BCUT2D eigenvalue weighted by molar-refractivity contribution is 7.22. The molecule has 10 rings (SSSR count). The zero-order chi connectivity index (χ0) is 39.3. The van der Waals surface area contributed by atoms with Gasteiger partial charge in [-0.2, -0.15) is 0 Å². The van der Waals surface area contributed by atoms with Crippen molar-refractivity contribution >= 4 is 82.0 Å². The van der Waals surface area contributed by atoms with Crippen LogP contribution < -0.4 is 4.90 Å². The Balaban J connectivity index is 1.20. The fraction of sp³-hybridized carbons (Fsp3) is 0. The van der Waals surface area contributed by atoms with Crippen LogP contribution in [0, 0.1) is 0 Å². The van der Waals surface area contributed by atoms with Gasteiger partial charge in [-0.05, 0) is 71.4 Å². The summed E-state index contributed by atoms with van der Waals surface area (Å²) in [7, 11) is 0. The molecule has 8 aromatic carbocycles. The monoisotopic (exact) mass is 651 g/mol. The first-order valence-corrected chi connectivity index (χ1v) is 16.7. The van der Waals surface area contributed by atoms with Crippen LogP contribution in [0.25, 0.3) is 69.8 Å². The van der Waals surface area contributed by atoms with Gasteiger partial charge in [0.15, 0.2) is 0 Å². The molecular weight excluding hydrogens is 615 g/mol. The summed E-state index contributed by atoms with van der Waals surface area (Å²) in [6.45, 7) is 0. The van der Waals surface area contributed by atoms with Crippen LogP contribution in [0.3, 0.4) is 0 Å². The molecular formula is C45H29N3S. The van der Waals surface area contributed by atoms with Crippen LogP contribution in [0.4, 0.5) is 17.1 Å². The highest BCUT2D eigenvalue weighted by Gasteiger charge is 2.22. The van der Waals surface area contributed by atoms with Crippen LogP contribution >= 0.6 is 11.3 Å². The minimum Gasteiger partial charge on any atom is -0.308 e. The summed E-state index contributed by atoms with van der Waals surface area (Å²) in [5.74, 6) is 0. The Morgan fingerprint density at radius 2 is 1.14 bits per heavy atom. The van der Waals surface area contributed by atoms with E-state index < -0.39 is 24.2 Å². The molecule has 0 aliphatic carbocycles. The molecule has 0 atom stereocenters. The van der Waals surface area contributed by atoms with E-state index in [1.54, 1.807) is 0 Å². The van der Waals surface area contributed by atoms with Gasteiger partial charge in [-0.25, -0.2) is 4.98 Å². The Morgan fingerprint density at radius 3 is 1.92 bits per heavy atom. The number of nitrogens with zero attached hydrogens (tertiary/aromatic N) is 3. The van der Waals surface area contributed by atoms with E-state index in [9.17, 15) is 0 Å². The van der Waals surface area contributed by atoms with Gasteiger partial charge in [0.1, 0.15) is 5.01 Å². The summed E-state index contributed by atoms with van der Waals surface area (Å²) in [5.41, 5.74) is 7.04. The number of rotatable bonds is 5. The molecule has 0 amide bonds. The average molecular weight is 652 g/mol. The van der Waals surface area contributed by atoms with Gasteiger partial charge in [-0.1, -0.05) is 115 Å². The molecule has 0 saturated heterocycles. The summed E-state index contributed by atoms with van der Waals surface area (Å²) in [6.07, 6.45) is 0. The molecule has 230 valence electrons. The second-order valence-electron chi connectivity index (χ2n) is 11.8. The number of hydrogen-bond acceptors (Lipinski definition) is 3. The third kappa shape index (κ3) is 4.38. The summed E-state index contributed by atoms with van der Waals surface area (Å²) < 4.78 is 72.0. The minimum absolute atomic E-state index is 0.0308. The lowest BCUT2D eigenvalue weighted by molar-refractivity contribution is 1.17. The van der Waals surface area contributed by atoms with Gasteiger partial charge in [0.05, 0.1) is 37.9 Å². The molecule has 4 heteroatoms. The molecule has 0 aliphatic rings. The van der Waals surface area contributed by atoms with Gasteiger partial charge in [-0.15, -0.1) is 11.3 Å². The van der Waals surface area contributed by atoms with Crippen molar-refractivity contribution in [2.75, 3.05) is 4.90 Å². The van der Waals surface area contributed by atoms with Crippen LogP contribution in [0.5, 0.6) is 0 Å². The predicted molar refractivity (Wildman–Crippen MR) is 209 cm³/mol. The number of hydrogen-bond donors (Lipinski definition) is 0. The molecule has 10 aromatic rings. The van der Waals surface area contributed by atoms with Crippen LogP contribution in [0.2, 0.25) is 0 Å². The molecule has 0 fully saturated rings. The largest absolute Gasteiger partial charge is 0.308 e. The van der Waals surface area contributed by atoms with Crippen molar-refractivity contribution in [3.05, 3.63) is 176 Å². The van der Waals surface area contributed by atoms with Gasteiger partial charge >= 0.3 is 0 Å². The Hall–Kier alpha value is -6.23. The molecule has 0 N–H and O–H groups in total. The number of thiazole rings is 1. The highest BCUT2D eigenvalue weighted by Crippen LogP contribution is 2.45. The van der Waals surface area contributed by atoms with Crippen LogP contribution in [-0.2, 0) is 0 Å². The van der Waals surface area contributed by atoms with E-state index in [1.165, 1.54) is 11.3 Å². The van der Waals surface area contributed by atoms with E-state index >= 15 is 0 Å². The van der Waals surface area contributed by atoms with Gasteiger partial charge in [0.2, 0.25) is 0 Å². The Kier molecular flexibility index (Phi) is 4.77. The first kappa shape index (κ1) is 20.9. The number of aromatic nitrogens is 2.